The van der Waals surface area contributed by atoms with Gasteiger partial charge in [-0.2, -0.15) is 0 Å². The number of nitrogens with one attached hydrogen (secondary N) is 1. The summed E-state index contributed by atoms with van der Waals surface area (Å²) in [5.41, 5.74) is 1.00. The van der Waals surface area contributed by atoms with Crippen LogP contribution in [0.25, 0.3) is 11.1 Å². The second-order valence-electron chi connectivity index (χ2n) is 7.91. The first kappa shape index (κ1) is 23.1. The van der Waals surface area contributed by atoms with E-state index >= 15 is 0 Å². The normalized spacial score (nSPS) is 11.1. The van der Waals surface area contributed by atoms with Crippen LogP contribution in [0, 0.1) is 5.41 Å². The van der Waals surface area contributed by atoms with Crippen LogP contribution in [-0.2, 0) is 11.4 Å². The number of hydrogen-bond acceptors (Lipinski definition) is 5. The minimum absolute atomic E-state index is 0.0985. The zero-order valence-electron chi connectivity index (χ0n) is 17.6. The minimum Gasteiger partial charge on any atom is -0.505 e. The summed E-state index contributed by atoms with van der Waals surface area (Å²) in [7, 11) is 0. The number of ether oxygens (including phenoxy) is 1. The smallest absolute Gasteiger partial charge is 0.310 e. The number of nitrogens with zero attached hydrogens (tertiary/aromatic N) is 1. The van der Waals surface area contributed by atoms with E-state index in [0.29, 0.717) is 22.9 Å². The van der Waals surface area contributed by atoms with Gasteiger partial charge in [-0.3, -0.25) is 9.59 Å². The van der Waals surface area contributed by atoms with Crippen molar-refractivity contribution in [1.82, 2.24) is 10.3 Å². The maximum absolute atomic E-state index is 12.3. The van der Waals surface area contributed by atoms with Crippen molar-refractivity contribution in [3.05, 3.63) is 77.1 Å². The molecule has 0 saturated carbocycles. The fraction of sp³-hybridized carbons (Fsp3) is 0.208. The number of aromatic hydroxyl groups is 1. The van der Waals surface area contributed by atoms with Gasteiger partial charge in [0.2, 0.25) is 0 Å². The third-order valence-electron chi connectivity index (χ3n) is 4.81. The van der Waals surface area contributed by atoms with Crippen molar-refractivity contribution in [3.63, 3.8) is 0 Å². The average Bonchev–Trinajstić information content (AvgIpc) is 2.76. The Labute approximate surface area is 190 Å². The van der Waals surface area contributed by atoms with E-state index in [1.807, 2.05) is 36.4 Å². The molecule has 0 aliphatic carbocycles. The topological polar surface area (TPSA) is 109 Å². The Morgan fingerprint density at radius 3 is 2.53 bits per heavy atom. The van der Waals surface area contributed by atoms with E-state index in [2.05, 4.69) is 10.3 Å². The number of hydrogen-bond donors (Lipinski definition) is 3. The first-order valence-corrected chi connectivity index (χ1v) is 10.2. The van der Waals surface area contributed by atoms with Crippen LogP contribution in [0.2, 0.25) is 5.02 Å². The molecule has 0 spiro atoms. The fourth-order valence-corrected chi connectivity index (χ4v) is 2.99. The van der Waals surface area contributed by atoms with Gasteiger partial charge >= 0.3 is 5.97 Å². The number of carboxylic acid groups (broad SMARTS) is 1. The molecule has 1 amide bonds. The molecule has 32 heavy (non-hydrogen) atoms. The van der Waals surface area contributed by atoms with Crippen LogP contribution < -0.4 is 10.1 Å². The highest BCUT2D eigenvalue weighted by molar-refractivity contribution is 6.30. The Morgan fingerprint density at radius 1 is 1.09 bits per heavy atom. The number of halogens is 1. The third kappa shape index (κ3) is 5.76. The maximum Gasteiger partial charge on any atom is 0.310 e. The molecule has 2 aromatic carbocycles. The Balaban J connectivity index is 1.71. The summed E-state index contributed by atoms with van der Waals surface area (Å²) < 4.78 is 5.77. The summed E-state index contributed by atoms with van der Waals surface area (Å²) in [6.07, 6.45) is 1.48. The van der Waals surface area contributed by atoms with E-state index in [-0.39, 0.29) is 18.0 Å². The van der Waals surface area contributed by atoms with Crippen molar-refractivity contribution in [2.45, 2.75) is 20.5 Å². The Morgan fingerprint density at radius 2 is 1.84 bits per heavy atom. The van der Waals surface area contributed by atoms with Crippen molar-refractivity contribution >= 4 is 23.5 Å². The predicted octanol–water partition coefficient (Wildman–Crippen LogP) is 4.53. The summed E-state index contributed by atoms with van der Waals surface area (Å²) in [6, 6.07) is 16.1. The van der Waals surface area contributed by atoms with Crippen LogP contribution in [0.1, 0.15) is 29.9 Å². The van der Waals surface area contributed by atoms with E-state index in [9.17, 15) is 14.7 Å². The second kappa shape index (κ2) is 9.70. The zero-order chi connectivity index (χ0) is 23.3. The van der Waals surface area contributed by atoms with Crippen LogP contribution in [0.3, 0.4) is 0 Å². The number of aliphatic carboxylic acids is 1. The van der Waals surface area contributed by atoms with Gasteiger partial charge in [-0.15, -0.1) is 0 Å². The summed E-state index contributed by atoms with van der Waals surface area (Å²) in [4.78, 5) is 27.6. The van der Waals surface area contributed by atoms with E-state index in [1.165, 1.54) is 26.1 Å². The predicted molar refractivity (Wildman–Crippen MR) is 121 cm³/mol. The highest BCUT2D eigenvalue weighted by atomic mass is 35.5. The van der Waals surface area contributed by atoms with Gasteiger partial charge in [-0.25, -0.2) is 4.98 Å². The molecule has 0 fully saturated rings. The molecule has 0 unspecified atom stereocenters. The Kier molecular flexibility index (Phi) is 7.00. The van der Waals surface area contributed by atoms with Gasteiger partial charge in [0.1, 0.15) is 18.1 Å². The van der Waals surface area contributed by atoms with Gasteiger partial charge in [0.15, 0.2) is 5.69 Å². The number of pyridine rings is 1. The largest absolute Gasteiger partial charge is 0.505 e. The highest BCUT2D eigenvalue weighted by Crippen LogP contribution is 2.26. The van der Waals surface area contributed by atoms with E-state index in [1.54, 1.807) is 12.1 Å². The van der Waals surface area contributed by atoms with Gasteiger partial charge in [0.05, 0.1) is 5.41 Å². The number of aromatic nitrogens is 1. The van der Waals surface area contributed by atoms with Gasteiger partial charge < -0.3 is 20.3 Å². The second-order valence-corrected chi connectivity index (χ2v) is 8.35. The lowest BCUT2D eigenvalue weighted by Crippen LogP contribution is -2.39. The van der Waals surface area contributed by atoms with Crippen LogP contribution in [0.4, 0.5) is 0 Å². The lowest BCUT2D eigenvalue weighted by molar-refractivity contribution is -0.146. The number of rotatable bonds is 8. The van der Waals surface area contributed by atoms with Crippen LogP contribution in [-0.4, -0.2) is 33.6 Å². The van der Waals surface area contributed by atoms with E-state index < -0.39 is 17.3 Å². The average molecular weight is 455 g/mol. The summed E-state index contributed by atoms with van der Waals surface area (Å²) in [5.74, 6) is -1.33. The van der Waals surface area contributed by atoms with Crippen molar-refractivity contribution in [3.8, 4) is 22.6 Å². The van der Waals surface area contributed by atoms with Gasteiger partial charge in [-0.1, -0.05) is 35.9 Å². The lowest BCUT2D eigenvalue weighted by Gasteiger charge is -2.19. The third-order valence-corrected chi connectivity index (χ3v) is 5.05. The van der Waals surface area contributed by atoms with Crippen molar-refractivity contribution < 1.29 is 24.5 Å². The first-order valence-electron chi connectivity index (χ1n) is 9.84. The van der Waals surface area contributed by atoms with Crippen molar-refractivity contribution in [2.75, 3.05) is 6.54 Å². The molecule has 166 valence electrons. The van der Waals surface area contributed by atoms with Crippen molar-refractivity contribution in [1.29, 1.82) is 0 Å². The molecule has 8 heteroatoms. The number of benzene rings is 2. The molecule has 3 N–H and O–H groups in total. The molecule has 1 aromatic heterocycles. The number of carbonyl (C=O) groups excluding carboxylic acids is 1. The molecule has 0 saturated heterocycles. The zero-order valence-corrected chi connectivity index (χ0v) is 18.4. The molecule has 0 atom stereocenters. The molecule has 3 rings (SSSR count). The van der Waals surface area contributed by atoms with Crippen molar-refractivity contribution in [2.24, 2.45) is 5.41 Å². The minimum atomic E-state index is -1.14. The van der Waals surface area contributed by atoms with E-state index in [0.717, 1.165) is 11.1 Å². The molecule has 1 heterocycles. The lowest BCUT2D eigenvalue weighted by atomic mass is 9.94. The first-order chi connectivity index (χ1) is 15.2. The quantitative estimate of drug-likeness (QED) is 0.461. The SMILES string of the molecule is CC(C)(CNC(=O)c1ncc(-c2cccc(COc3cccc(Cl)c3)c2)cc1O)C(=O)O. The van der Waals surface area contributed by atoms with Crippen LogP contribution >= 0.6 is 11.6 Å². The molecule has 0 aliphatic rings. The molecular formula is C24H23ClN2O5. The fourth-order valence-electron chi connectivity index (χ4n) is 2.81. The Bertz CT molecular complexity index is 1150. The molecule has 0 radical (unpaired) electrons. The summed E-state index contributed by atoms with van der Waals surface area (Å²) in [5, 5.41) is 22.6. The maximum atomic E-state index is 12.3. The number of carbonyl (C=O) groups is 2. The molecule has 7 nitrogen and oxygen atoms in total. The highest BCUT2D eigenvalue weighted by Gasteiger charge is 2.28. The Hall–Kier alpha value is -3.58. The van der Waals surface area contributed by atoms with E-state index in [4.69, 9.17) is 21.4 Å². The van der Waals surface area contributed by atoms with Gasteiger partial charge in [-0.05, 0) is 55.3 Å². The van der Waals surface area contributed by atoms with Gasteiger partial charge in [0, 0.05) is 23.3 Å². The summed E-state index contributed by atoms with van der Waals surface area (Å²) in [6.45, 7) is 3.22. The molecule has 0 bridgehead atoms. The molecule has 3 aromatic rings. The summed E-state index contributed by atoms with van der Waals surface area (Å²) >= 11 is 5.97. The molecule has 0 aliphatic heterocycles. The standard InChI is InChI=1S/C24H23ClN2O5/c1-24(2,23(30)31)14-27-22(29)21-20(28)10-17(12-26-21)16-6-3-5-15(9-16)13-32-19-8-4-7-18(25)11-19/h3-12,28H,13-14H2,1-2H3,(H,27,29)(H,30,31). The monoisotopic (exact) mass is 454 g/mol. The van der Waals surface area contributed by atoms with Gasteiger partial charge in [0.25, 0.3) is 5.91 Å². The number of carboxylic acids is 1. The van der Waals surface area contributed by atoms with Crippen LogP contribution in [0.15, 0.2) is 60.8 Å². The number of amides is 1. The van der Waals surface area contributed by atoms with Crippen LogP contribution in [0.5, 0.6) is 11.5 Å². The molecular weight excluding hydrogens is 432 g/mol.